The molecule has 158 valence electrons. The molecule has 4 aromatic rings. The van der Waals surface area contributed by atoms with Crippen LogP contribution in [-0.2, 0) is 12.6 Å². The Labute approximate surface area is 176 Å². The predicted octanol–water partition coefficient (Wildman–Crippen LogP) is 5.44. The van der Waals surface area contributed by atoms with Crippen LogP contribution in [0.4, 0.5) is 19.0 Å². The van der Waals surface area contributed by atoms with E-state index < -0.39 is 11.7 Å². The summed E-state index contributed by atoms with van der Waals surface area (Å²) in [5, 5.41) is 2.77. The molecular formula is C23H19F3N4O. The zero-order valence-electron chi connectivity index (χ0n) is 16.8. The average molecular weight is 424 g/mol. The Morgan fingerprint density at radius 1 is 1.03 bits per heavy atom. The Balaban J connectivity index is 1.58. The Bertz CT molecular complexity index is 1260. The molecule has 0 bridgehead atoms. The van der Waals surface area contributed by atoms with E-state index in [1.807, 2.05) is 19.9 Å². The number of imidazole rings is 1. The molecule has 2 heterocycles. The van der Waals surface area contributed by atoms with E-state index in [9.17, 15) is 18.0 Å². The van der Waals surface area contributed by atoms with Crippen LogP contribution in [-0.4, -0.2) is 20.9 Å². The third kappa shape index (κ3) is 4.58. The van der Waals surface area contributed by atoms with Gasteiger partial charge in [0.1, 0.15) is 11.6 Å². The fourth-order valence-corrected chi connectivity index (χ4v) is 3.51. The minimum atomic E-state index is -4.43. The van der Waals surface area contributed by atoms with Crippen molar-refractivity contribution in [2.75, 3.05) is 5.32 Å². The number of carbonyl (C=O) groups is 1. The Hall–Kier alpha value is -3.68. The first-order valence-corrected chi connectivity index (χ1v) is 9.59. The maximum absolute atomic E-state index is 13.2. The lowest BCUT2D eigenvalue weighted by Gasteiger charge is -2.11. The van der Waals surface area contributed by atoms with E-state index >= 15 is 0 Å². The van der Waals surface area contributed by atoms with Gasteiger partial charge in [-0.05, 0) is 61.4 Å². The number of aryl methyl sites for hydroxylation is 2. The second kappa shape index (κ2) is 7.86. The van der Waals surface area contributed by atoms with E-state index in [1.54, 1.807) is 30.3 Å². The van der Waals surface area contributed by atoms with Crippen LogP contribution in [0.15, 0.2) is 54.6 Å². The first-order chi connectivity index (χ1) is 14.7. The highest BCUT2D eigenvalue weighted by atomic mass is 19.4. The lowest BCUT2D eigenvalue weighted by Crippen LogP contribution is -2.13. The number of nitrogens with one attached hydrogen (secondary N) is 2. The van der Waals surface area contributed by atoms with Gasteiger partial charge in [-0.1, -0.05) is 18.2 Å². The zero-order chi connectivity index (χ0) is 22.2. The number of hydrogen-bond donors (Lipinski definition) is 2. The van der Waals surface area contributed by atoms with E-state index in [2.05, 4.69) is 20.3 Å². The third-order valence-corrected chi connectivity index (χ3v) is 4.81. The summed E-state index contributed by atoms with van der Waals surface area (Å²) >= 11 is 0. The fraction of sp³-hybridized carbons (Fsp3) is 0.174. The number of halogens is 3. The molecule has 0 unspecified atom stereocenters. The van der Waals surface area contributed by atoms with Gasteiger partial charge in [0.05, 0.1) is 16.6 Å². The summed E-state index contributed by atoms with van der Waals surface area (Å²) in [5.41, 5.74) is 2.75. The van der Waals surface area contributed by atoms with Crippen molar-refractivity contribution in [3.8, 4) is 0 Å². The van der Waals surface area contributed by atoms with E-state index in [4.69, 9.17) is 0 Å². The van der Waals surface area contributed by atoms with Crippen molar-refractivity contribution in [1.29, 1.82) is 0 Å². The molecule has 0 saturated heterocycles. The van der Waals surface area contributed by atoms with Crippen LogP contribution >= 0.6 is 0 Å². The zero-order valence-corrected chi connectivity index (χ0v) is 16.8. The van der Waals surface area contributed by atoms with Crippen molar-refractivity contribution in [2.45, 2.75) is 26.4 Å². The van der Waals surface area contributed by atoms with E-state index in [0.29, 0.717) is 28.2 Å². The number of alkyl halides is 3. The summed E-state index contributed by atoms with van der Waals surface area (Å²) in [6, 6.07) is 14.0. The van der Waals surface area contributed by atoms with Crippen molar-refractivity contribution in [1.82, 2.24) is 15.0 Å². The molecular weight excluding hydrogens is 405 g/mol. The molecule has 1 amide bonds. The van der Waals surface area contributed by atoms with Crippen molar-refractivity contribution in [3.63, 3.8) is 0 Å². The van der Waals surface area contributed by atoms with Gasteiger partial charge < -0.3 is 10.3 Å². The van der Waals surface area contributed by atoms with Gasteiger partial charge in [-0.15, -0.1) is 0 Å². The minimum Gasteiger partial charge on any atom is -0.342 e. The van der Waals surface area contributed by atoms with Gasteiger partial charge in [0, 0.05) is 17.7 Å². The fourth-order valence-electron chi connectivity index (χ4n) is 3.51. The first kappa shape index (κ1) is 20.6. The highest BCUT2D eigenvalue weighted by molar-refractivity contribution is 6.05. The number of benzene rings is 2. The molecule has 5 nitrogen and oxygen atoms in total. The van der Waals surface area contributed by atoms with Crippen molar-refractivity contribution < 1.29 is 18.0 Å². The van der Waals surface area contributed by atoms with E-state index in [1.165, 1.54) is 12.1 Å². The summed E-state index contributed by atoms with van der Waals surface area (Å²) in [4.78, 5) is 24.3. The highest BCUT2D eigenvalue weighted by Gasteiger charge is 2.33. The maximum Gasteiger partial charge on any atom is 0.416 e. The molecule has 8 heteroatoms. The molecule has 2 aromatic heterocycles. The topological polar surface area (TPSA) is 70.7 Å². The lowest BCUT2D eigenvalue weighted by atomic mass is 10.0. The predicted molar refractivity (Wildman–Crippen MR) is 112 cm³/mol. The smallest absolute Gasteiger partial charge is 0.342 e. The molecule has 0 aliphatic heterocycles. The van der Waals surface area contributed by atoms with Gasteiger partial charge in [0.2, 0.25) is 0 Å². The number of H-pyrrole nitrogens is 1. The van der Waals surface area contributed by atoms with Gasteiger partial charge in [0.25, 0.3) is 5.91 Å². The number of aromatic nitrogens is 3. The second-order valence-electron chi connectivity index (χ2n) is 7.37. The van der Waals surface area contributed by atoms with Gasteiger partial charge in [0.15, 0.2) is 0 Å². The molecule has 31 heavy (non-hydrogen) atoms. The third-order valence-electron chi connectivity index (χ3n) is 4.81. The van der Waals surface area contributed by atoms with Gasteiger partial charge in [-0.2, -0.15) is 13.2 Å². The summed E-state index contributed by atoms with van der Waals surface area (Å²) in [7, 11) is 0. The number of pyridine rings is 1. The quantitative estimate of drug-likeness (QED) is 0.459. The van der Waals surface area contributed by atoms with Crippen LogP contribution in [0.1, 0.15) is 38.6 Å². The first-order valence-electron chi connectivity index (χ1n) is 9.59. The van der Waals surface area contributed by atoms with E-state index in [-0.39, 0.29) is 17.9 Å². The molecule has 0 radical (unpaired) electrons. The number of anilines is 1. The van der Waals surface area contributed by atoms with Crippen LogP contribution in [0.2, 0.25) is 0 Å². The highest BCUT2D eigenvalue weighted by Crippen LogP contribution is 2.32. The van der Waals surface area contributed by atoms with Crippen LogP contribution in [0.5, 0.6) is 0 Å². The molecule has 0 aliphatic rings. The SMILES string of the molecule is Cc1cc(C)nc(NC(=O)c2ccc3nc(Cc4ccccc4C(F)(F)F)[nH]c3c2)c1. The molecule has 4 rings (SSSR count). The molecule has 0 aliphatic carbocycles. The molecule has 2 N–H and O–H groups in total. The van der Waals surface area contributed by atoms with Crippen LogP contribution in [0.3, 0.4) is 0 Å². The summed E-state index contributed by atoms with van der Waals surface area (Å²) in [6.45, 7) is 3.76. The van der Waals surface area contributed by atoms with Crippen LogP contribution in [0, 0.1) is 13.8 Å². The van der Waals surface area contributed by atoms with Crippen LogP contribution in [0.25, 0.3) is 11.0 Å². The molecule has 0 atom stereocenters. The van der Waals surface area contributed by atoms with Crippen molar-refractivity contribution in [3.05, 3.63) is 88.4 Å². The van der Waals surface area contributed by atoms with Crippen LogP contribution < -0.4 is 5.32 Å². The average Bonchev–Trinajstić information content (AvgIpc) is 3.08. The molecule has 2 aromatic carbocycles. The van der Waals surface area contributed by atoms with Crippen molar-refractivity contribution >= 4 is 22.8 Å². The van der Waals surface area contributed by atoms with Gasteiger partial charge in [-0.25, -0.2) is 9.97 Å². The number of rotatable bonds is 4. The minimum absolute atomic E-state index is 0.00160. The summed E-state index contributed by atoms with van der Waals surface area (Å²) in [6.07, 6.45) is -4.44. The standard InChI is InChI=1S/C23H19F3N4O/c1-13-9-14(2)27-20(10-13)30-22(31)16-7-8-18-19(11-16)29-21(28-18)12-15-5-3-4-6-17(15)23(24,25)26/h3-11H,12H2,1-2H3,(H,28,29)(H,27,30,31). The number of hydrogen-bond acceptors (Lipinski definition) is 3. The summed E-state index contributed by atoms with van der Waals surface area (Å²) in [5.74, 6) is 0.509. The largest absolute Gasteiger partial charge is 0.416 e. The number of aromatic amines is 1. The number of fused-ring (bicyclic) bond motifs is 1. The lowest BCUT2D eigenvalue weighted by molar-refractivity contribution is -0.138. The van der Waals surface area contributed by atoms with E-state index in [0.717, 1.165) is 17.3 Å². The molecule has 0 spiro atoms. The molecule has 0 fully saturated rings. The Morgan fingerprint density at radius 3 is 2.55 bits per heavy atom. The summed E-state index contributed by atoms with van der Waals surface area (Å²) < 4.78 is 39.7. The van der Waals surface area contributed by atoms with Crippen molar-refractivity contribution in [2.24, 2.45) is 0 Å². The normalized spacial score (nSPS) is 11.6. The number of amides is 1. The molecule has 0 saturated carbocycles. The van der Waals surface area contributed by atoms with Gasteiger partial charge >= 0.3 is 6.18 Å². The number of carbonyl (C=O) groups excluding carboxylic acids is 1. The Morgan fingerprint density at radius 2 is 1.81 bits per heavy atom. The second-order valence-corrected chi connectivity index (χ2v) is 7.37. The number of nitrogens with zero attached hydrogens (tertiary/aromatic N) is 2. The van der Waals surface area contributed by atoms with Gasteiger partial charge in [-0.3, -0.25) is 4.79 Å². The monoisotopic (exact) mass is 424 g/mol. The maximum atomic E-state index is 13.2. The Kier molecular flexibility index (Phi) is 5.22.